The van der Waals surface area contributed by atoms with Crippen LogP contribution in [0, 0.1) is 6.92 Å². The third kappa shape index (κ3) is 4.25. The Morgan fingerprint density at radius 2 is 2.00 bits per heavy atom. The van der Waals surface area contributed by atoms with Gasteiger partial charge in [0.05, 0.1) is 17.3 Å². The molecular weight excluding hydrogens is 320 g/mol. The van der Waals surface area contributed by atoms with Crippen LogP contribution in [0.15, 0.2) is 54.6 Å². The molecule has 0 radical (unpaired) electrons. The summed E-state index contributed by atoms with van der Waals surface area (Å²) in [5.74, 6) is -0.0303. The molecule has 2 aromatic rings. The van der Waals surface area contributed by atoms with Crippen molar-refractivity contribution < 1.29 is 4.79 Å². The molecule has 1 amide bonds. The van der Waals surface area contributed by atoms with Crippen LogP contribution in [-0.4, -0.2) is 30.4 Å². The maximum Gasteiger partial charge on any atom is 0.238 e. The number of anilines is 1. The Kier molecular flexibility index (Phi) is 5.34. The van der Waals surface area contributed by atoms with Gasteiger partial charge in [0.25, 0.3) is 0 Å². The van der Waals surface area contributed by atoms with Crippen LogP contribution in [0.4, 0.5) is 5.69 Å². The third-order valence-corrected chi connectivity index (χ3v) is 4.52. The van der Waals surface area contributed by atoms with Gasteiger partial charge in [0, 0.05) is 13.1 Å². The summed E-state index contributed by atoms with van der Waals surface area (Å²) in [4.78, 5) is 14.4. The molecule has 1 N–H and O–H groups in total. The zero-order valence-corrected chi connectivity index (χ0v) is 14.5. The Morgan fingerprint density at radius 3 is 2.67 bits per heavy atom. The monoisotopic (exact) mass is 340 g/mol. The minimum atomic E-state index is -0.0303. The van der Waals surface area contributed by atoms with Crippen LogP contribution in [0.1, 0.15) is 17.5 Å². The summed E-state index contributed by atoms with van der Waals surface area (Å²) in [5, 5.41) is 3.47. The second-order valence-corrected chi connectivity index (χ2v) is 6.52. The van der Waals surface area contributed by atoms with E-state index in [1.807, 2.05) is 31.2 Å². The largest absolute Gasteiger partial charge is 0.324 e. The average molecular weight is 341 g/mol. The molecule has 3 rings (SSSR count). The maximum atomic E-state index is 12.2. The van der Waals surface area contributed by atoms with Crippen molar-refractivity contribution in [2.24, 2.45) is 0 Å². The number of amides is 1. The van der Waals surface area contributed by atoms with Crippen molar-refractivity contribution in [2.75, 3.05) is 25.0 Å². The number of carbonyl (C=O) groups is 1. The Balaban J connectivity index is 1.56. The van der Waals surface area contributed by atoms with Crippen molar-refractivity contribution >= 4 is 28.8 Å². The molecule has 0 bridgehead atoms. The fourth-order valence-electron chi connectivity index (χ4n) is 2.88. The van der Waals surface area contributed by atoms with Gasteiger partial charge in [-0.2, -0.15) is 0 Å². The summed E-state index contributed by atoms with van der Waals surface area (Å²) >= 11 is 6.17. The van der Waals surface area contributed by atoms with E-state index in [-0.39, 0.29) is 5.91 Å². The van der Waals surface area contributed by atoms with E-state index in [0.717, 1.165) is 25.1 Å². The fourth-order valence-corrected chi connectivity index (χ4v) is 3.17. The smallest absolute Gasteiger partial charge is 0.238 e. The molecule has 0 aliphatic carbocycles. The molecule has 0 saturated heterocycles. The van der Waals surface area contributed by atoms with E-state index in [9.17, 15) is 4.79 Å². The first-order chi connectivity index (χ1) is 11.6. The molecule has 124 valence electrons. The zero-order valence-electron chi connectivity index (χ0n) is 13.8. The highest BCUT2D eigenvalue weighted by Gasteiger charge is 2.16. The Labute approximate surface area is 147 Å². The number of carbonyl (C=O) groups excluding carboxylic acids is 1. The minimum Gasteiger partial charge on any atom is -0.324 e. The molecule has 0 unspecified atom stereocenters. The van der Waals surface area contributed by atoms with Crippen molar-refractivity contribution in [2.45, 2.75) is 13.3 Å². The topological polar surface area (TPSA) is 32.3 Å². The second kappa shape index (κ2) is 7.65. The van der Waals surface area contributed by atoms with Gasteiger partial charge in [-0.3, -0.25) is 9.69 Å². The molecule has 1 aliphatic rings. The molecule has 0 atom stereocenters. The van der Waals surface area contributed by atoms with E-state index in [1.165, 1.54) is 11.1 Å². The molecule has 0 spiro atoms. The summed E-state index contributed by atoms with van der Waals surface area (Å²) < 4.78 is 0. The number of hydrogen-bond donors (Lipinski definition) is 1. The number of nitrogens with zero attached hydrogens (tertiary/aromatic N) is 1. The summed E-state index contributed by atoms with van der Waals surface area (Å²) in [7, 11) is 0. The van der Waals surface area contributed by atoms with Gasteiger partial charge in [-0.1, -0.05) is 54.1 Å². The SMILES string of the molecule is Cc1ccc(NC(=O)CN2CC=C(c3ccccc3)CC2)c(Cl)c1. The van der Waals surface area contributed by atoms with Gasteiger partial charge in [-0.15, -0.1) is 0 Å². The number of hydrogen-bond acceptors (Lipinski definition) is 2. The van der Waals surface area contributed by atoms with Gasteiger partial charge in [0.2, 0.25) is 5.91 Å². The van der Waals surface area contributed by atoms with Gasteiger partial charge >= 0.3 is 0 Å². The lowest BCUT2D eigenvalue weighted by atomic mass is 10.00. The van der Waals surface area contributed by atoms with E-state index in [2.05, 4.69) is 40.6 Å². The molecule has 1 aliphatic heterocycles. The predicted molar refractivity (Wildman–Crippen MR) is 100 cm³/mol. The van der Waals surface area contributed by atoms with Crippen molar-refractivity contribution in [1.29, 1.82) is 0 Å². The van der Waals surface area contributed by atoms with E-state index < -0.39 is 0 Å². The molecule has 24 heavy (non-hydrogen) atoms. The highest BCUT2D eigenvalue weighted by atomic mass is 35.5. The van der Waals surface area contributed by atoms with Crippen molar-refractivity contribution in [3.8, 4) is 0 Å². The summed E-state index contributed by atoms with van der Waals surface area (Å²) in [6.45, 7) is 4.03. The molecular formula is C20H21ClN2O. The van der Waals surface area contributed by atoms with E-state index in [1.54, 1.807) is 0 Å². The highest BCUT2D eigenvalue weighted by molar-refractivity contribution is 6.33. The number of benzene rings is 2. The van der Waals surface area contributed by atoms with Crippen molar-refractivity contribution in [1.82, 2.24) is 4.90 Å². The standard InChI is InChI=1S/C20H21ClN2O/c1-15-7-8-19(18(21)13-15)22-20(24)14-23-11-9-17(10-12-23)16-5-3-2-4-6-16/h2-9,13H,10-12,14H2,1H3,(H,22,24). The summed E-state index contributed by atoms with van der Waals surface area (Å²) in [6, 6.07) is 16.0. The quantitative estimate of drug-likeness (QED) is 0.896. The van der Waals surface area contributed by atoms with Gasteiger partial charge in [0.1, 0.15) is 0 Å². The summed E-state index contributed by atoms with van der Waals surface area (Å²) in [6.07, 6.45) is 3.17. The van der Waals surface area contributed by atoms with Crippen LogP contribution in [0.3, 0.4) is 0 Å². The van der Waals surface area contributed by atoms with Gasteiger partial charge < -0.3 is 5.32 Å². The number of aryl methyl sites for hydroxylation is 1. The number of nitrogens with one attached hydrogen (secondary N) is 1. The fraction of sp³-hybridized carbons (Fsp3) is 0.250. The Hall–Kier alpha value is -2.10. The van der Waals surface area contributed by atoms with E-state index in [0.29, 0.717) is 17.3 Å². The first-order valence-corrected chi connectivity index (χ1v) is 8.52. The van der Waals surface area contributed by atoms with Crippen LogP contribution in [0.2, 0.25) is 5.02 Å². The van der Waals surface area contributed by atoms with E-state index >= 15 is 0 Å². The second-order valence-electron chi connectivity index (χ2n) is 6.11. The van der Waals surface area contributed by atoms with Crippen molar-refractivity contribution in [3.63, 3.8) is 0 Å². The van der Waals surface area contributed by atoms with Crippen LogP contribution in [0.25, 0.3) is 5.57 Å². The molecule has 2 aromatic carbocycles. The molecule has 0 aromatic heterocycles. The third-order valence-electron chi connectivity index (χ3n) is 4.20. The molecule has 0 fully saturated rings. The Morgan fingerprint density at radius 1 is 1.21 bits per heavy atom. The van der Waals surface area contributed by atoms with Crippen molar-refractivity contribution in [3.05, 3.63) is 70.8 Å². The maximum absolute atomic E-state index is 12.2. The molecule has 0 saturated carbocycles. The van der Waals surface area contributed by atoms with Crippen LogP contribution in [-0.2, 0) is 4.79 Å². The minimum absolute atomic E-state index is 0.0303. The number of rotatable bonds is 4. The average Bonchev–Trinajstić information content (AvgIpc) is 2.59. The lowest BCUT2D eigenvalue weighted by molar-refractivity contribution is -0.117. The summed E-state index contributed by atoms with van der Waals surface area (Å²) in [5.41, 5.74) is 4.37. The first-order valence-electron chi connectivity index (χ1n) is 8.14. The van der Waals surface area contributed by atoms with Crippen LogP contribution in [0.5, 0.6) is 0 Å². The molecule has 3 nitrogen and oxygen atoms in total. The lowest BCUT2D eigenvalue weighted by Gasteiger charge is -2.26. The zero-order chi connectivity index (χ0) is 16.9. The van der Waals surface area contributed by atoms with E-state index in [4.69, 9.17) is 11.6 Å². The normalized spacial score (nSPS) is 15.0. The lowest BCUT2D eigenvalue weighted by Crippen LogP contribution is -2.36. The highest BCUT2D eigenvalue weighted by Crippen LogP contribution is 2.24. The van der Waals surface area contributed by atoms with Gasteiger partial charge in [0.15, 0.2) is 0 Å². The number of halogens is 1. The van der Waals surface area contributed by atoms with Crippen LogP contribution < -0.4 is 5.32 Å². The predicted octanol–water partition coefficient (Wildman–Crippen LogP) is 4.38. The van der Waals surface area contributed by atoms with Crippen LogP contribution >= 0.6 is 11.6 Å². The molecule has 4 heteroatoms. The van der Waals surface area contributed by atoms with Gasteiger partial charge in [-0.25, -0.2) is 0 Å². The first kappa shape index (κ1) is 16.7. The van der Waals surface area contributed by atoms with Gasteiger partial charge in [-0.05, 0) is 42.2 Å². The Bertz CT molecular complexity index is 755. The molecule has 1 heterocycles.